The van der Waals surface area contributed by atoms with E-state index in [0.717, 1.165) is 29.1 Å². The van der Waals surface area contributed by atoms with Crippen LogP contribution in [0.3, 0.4) is 0 Å². The number of nitrogens with zero attached hydrogens (tertiary/aromatic N) is 3. The summed E-state index contributed by atoms with van der Waals surface area (Å²) < 4.78 is 5.55. The summed E-state index contributed by atoms with van der Waals surface area (Å²) in [5, 5.41) is 26.3. The van der Waals surface area contributed by atoms with Gasteiger partial charge < -0.3 is 4.74 Å². The van der Waals surface area contributed by atoms with Crippen LogP contribution in [0.5, 0.6) is 11.5 Å². The van der Waals surface area contributed by atoms with Crippen LogP contribution in [0, 0.1) is 20.2 Å². The van der Waals surface area contributed by atoms with Crippen molar-refractivity contribution >= 4 is 22.8 Å². The summed E-state index contributed by atoms with van der Waals surface area (Å²) in [5.74, 6) is 0.277. The fraction of sp³-hybridized carbons (Fsp3) is 0.0500. The molecule has 1 N–H and O–H groups in total. The molecule has 0 aliphatic heterocycles. The molecule has 0 unspecified atom stereocenters. The molecule has 3 aromatic rings. The maximum absolute atomic E-state index is 11.2. The third-order valence-corrected chi connectivity index (χ3v) is 3.98. The molecule has 0 aliphatic carbocycles. The molecule has 146 valence electrons. The van der Waals surface area contributed by atoms with Gasteiger partial charge in [0.15, 0.2) is 0 Å². The van der Waals surface area contributed by atoms with Crippen LogP contribution in [0.15, 0.2) is 77.9 Å². The molecule has 0 aliphatic rings. The number of para-hydroxylation sites is 1. The predicted molar refractivity (Wildman–Crippen MR) is 109 cm³/mol. The van der Waals surface area contributed by atoms with E-state index in [-0.39, 0.29) is 11.4 Å². The molecule has 9 heteroatoms. The maximum Gasteiger partial charge on any atom is 0.318 e. The molecule has 29 heavy (non-hydrogen) atoms. The van der Waals surface area contributed by atoms with Crippen LogP contribution >= 0.6 is 0 Å². The minimum atomic E-state index is -0.719. The second kappa shape index (κ2) is 8.61. The Morgan fingerprint density at radius 2 is 1.62 bits per heavy atom. The van der Waals surface area contributed by atoms with Gasteiger partial charge in [0.05, 0.1) is 27.3 Å². The molecule has 3 rings (SSSR count). The molecule has 0 bridgehead atoms. The lowest BCUT2D eigenvalue weighted by Crippen LogP contribution is -2.00. The molecule has 0 fully saturated rings. The van der Waals surface area contributed by atoms with Crippen LogP contribution in [0.1, 0.15) is 12.5 Å². The number of hydrogen-bond acceptors (Lipinski definition) is 7. The van der Waals surface area contributed by atoms with Gasteiger partial charge in [-0.25, -0.2) is 0 Å². The van der Waals surface area contributed by atoms with E-state index in [0.29, 0.717) is 5.75 Å². The van der Waals surface area contributed by atoms with Crippen LogP contribution in [-0.2, 0) is 0 Å². The summed E-state index contributed by atoms with van der Waals surface area (Å²) >= 11 is 0. The summed E-state index contributed by atoms with van der Waals surface area (Å²) in [6.45, 7) is 1.84. The first-order chi connectivity index (χ1) is 13.9. The quantitative estimate of drug-likeness (QED) is 0.338. The number of rotatable bonds is 7. The molecule has 0 amide bonds. The van der Waals surface area contributed by atoms with Gasteiger partial charge in [0.2, 0.25) is 5.75 Å². The topological polar surface area (TPSA) is 120 Å². The predicted octanol–water partition coefficient (Wildman–Crippen LogP) is 5.13. The third kappa shape index (κ3) is 4.92. The largest absolute Gasteiger partial charge is 0.450 e. The average Bonchev–Trinajstić information content (AvgIpc) is 2.73. The van der Waals surface area contributed by atoms with Crippen LogP contribution < -0.4 is 10.2 Å². The number of anilines is 1. The van der Waals surface area contributed by atoms with Crippen LogP contribution in [0.25, 0.3) is 0 Å². The molecule has 0 saturated carbocycles. The van der Waals surface area contributed by atoms with Gasteiger partial charge in [-0.1, -0.05) is 18.2 Å². The summed E-state index contributed by atoms with van der Waals surface area (Å²) in [4.78, 5) is 20.6. The Morgan fingerprint density at radius 3 is 2.24 bits per heavy atom. The number of non-ortho nitro benzene ring substituents is 1. The highest BCUT2D eigenvalue weighted by Crippen LogP contribution is 2.34. The Labute approximate surface area is 165 Å². The Morgan fingerprint density at radius 1 is 0.931 bits per heavy atom. The third-order valence-electron chi connectivity index (χ3n) is 3.98. The van der Waals surface area contributed by atoms with Gasteiger partial charge in [-0.05, 0) is 55.0 Å². The van der Waals surface area contributed by atoms with Crippen molar-refractivity contribution in [1.29, 1.82) is 0 Å². The average molecular weight is 392 g/mol. The fourth-order valence-corrected chi connectivity index (χ4v) is 2.47. The molecular formula is C20H16N4O5. The van der Waals surface area contributed by atoms with E-state index in [4.69, 9.17) is 4.74 Å². The van der Waals surface area contributed by atoms with Gasteiger partial charge >= 0.3 is 5.69 Å². The normalized spacial score (nSPS) is 11.0. The van der Waals surface area contributed by atoms with Crippen molar-refractivity contribution in [2.24, 2.45) is 5.10 Å². The van der Waals surface area contributed by atoms with Gasteiger partial charge in [0, 0.05) is 6.07 Å². The van der Waals surface area contributed by atoms with Crippen molar-refractivity contribution in [2.45, 2.75) is 6.92 Å². The Kier molecular flexibility index (Phi) is 5.79. The van der Waals surface area contributed by atoms with E-state index in [1.54, 1.807) is 24.3 Å². The number of hydrazone groups is 1. The number of benzene rings is 3. The molecule has 3 aromatic carbocycles. The molecule has 0 saturated heterocycles. The number of nitrogens with one attached hydrogen (secondary N) is 1. The maximum atomic E-state index is 11.2. The van der Waals surface area contributed by atoms with Crippen molar-refractivity contribution in [2.75, 3.05) is 5.43 Å². The Bertz CT molecular complexity index is 1070. The van der Waals surface area contributed by atoms with Crippen molar-refractivity contribution < 1.29 is 14.6 Å². The highest BCUT2D eigenvalue weighted by Gasteiger charge is 2.21. The summed E-state index contributed by atoms with van der Waals surface area (Å²) in [5.41, 5.74) is 4.53. The molecule has 9 nitrogen and oxygen atoms in total. The Balaban J connectivity index is 1.75. The minimum Gasteiger partial charge on any atom is -0.450 e. The number of hydrogen-bond donors (Lipinski definition) is 1. The van der Waals surface area contributed by atoms with Crippen molar-refractivity contribution in [3.63, 3.8) is 0 Å². The first-order valence-corrected chi connectivity index (χ1v) is 8.50. The first-order valence-electron chi connectivity index (χ1n) is 8.50. The van der Waals surface area contributed by atoms with Crippen molar-refractivity contribution in [3.8, 4) is 11.5 Å². The first kappa shape index (κ1) is 19.5. The lowest BCUT2D eigenvalue weighted by Gasteiger charge is -2.08. The van der Waals surface area contributed by atoms with Gasteiger partial charge in [-0.2, -0.15) is 5.10 Å². The molecule has 0 aromatic heterocycles. The molecular weight excluding hydrogens is 376 g/mol. The van der Waals surface area contributed by atoms with E-state index in [9.17, 15) is 20.2 Å². The van der Waals surface area contributed by atoms with Gasteiger partial charge in [-0.15, -0.1) is 0 Å². The lowest BCUT2D eigenvalue weighted by molar-refractivity contribution is -0.394. The van der Waals surface area contributed by atoms with Gasteiger partial charge in [0.25, 0.3) is 5.69 Å². The Hall–Kier alpha value is -4.27. The van der Waals surface area contributed by atoms with Crippen LogP contribution in [-0.4, -0.2) is 15.6 Å². The minimum absolute atomic E-state index is 0.0792. The van der Waals surface area contributed by atoms with E-state index in [1.807, 2.05) is 37.3 Å². The van der Waals surface area contributed by atoms with Gasteiger partial charge in [-0.3, -0.25) is 25.7 Å². The highest BCUT2D eigenvalue weighted by atomic mass is 16.6. The molecule has 0 atom stereocenters. The SMILES string of the molecule is CC(=NNc1ccccc1)c1ccc(Oc2ccc([N+](=O)[O-])cc2[N+](=O)[O-])cc1. The number of nitro benzene ring substituents is 2. The van der Waals surface area contributed by atoms with Crippen LogP contribution in [0.2, 0.25) is 0 Å². The van der Waals surface area contributed by atoms with E-state index < -0.39 is 15.5 Å². The number of nitro groups is 2. The number of ether oxygens (including phenoxy) is 1. The van der Waals surface area contributed by atoms with Crippen molar-refractivity contribution in [1.82, 2.24) is 0 Å². The molecule has 0 heterocycles. The monoisotopic (exact) mass is 392 g/mol. The lowest BCUT2D eigenvalue weighted by atomic mass is 10.1. The van der Waals surface area contributed by atoms with Crippen molar-refractivity contribution in [3.05, 3.63) is 98.6 Å². The fourth-order valence-electron chi connectivity index (χ4n) is 2.47. The van der Waals surface area contributed by atoms with Gasteiger partial charge in [0.1, 0.15) is 5.75 Å². The summed E-state index contributed by atoms with van der Waals surface area (Å²) in [7, 11) is 0. The second-order valence-corrected chi connectivity index (χ2v) is 5.97. The zero-order valence-corrected chi connectivity index (χ0v) is 15.3. The summed E-state index contributed by atoms with van der Waals surface area (Å²) in [6, 6.07) is 19.5. The molecule has 0 spiro atoms. The zero-order valence-electron chi connectivity index (χ0n) is 15.3. The van der Waals surface area contributed by atoms with E-state index >= 15 is 0 Å². The van der Waals surface area contributed by atoms with E-state index in [2.05, 4.69) is 10.5 Å². The van der Waals surface area contributed by atoms with Crippen LogP contribution in [0.4, 0.5) is 17.1 Å². The molecule has 0 radical (unpaired) electrons. The smallest absolute Gasteiger partial charge is 0.318 e. The van der Waals surface area contributed by atoms with E-state index in [1.165, 1.54) is 6.07 Å². The standard InChI is InChI=1S/C20H16N4O5/c1-14(21-22-16-5-3-2-4-6-16)15-7-10-18(11-8-15)29-20-12-9-17(23(25)26)13-19(20)24(27)28/h2-13,22H,1H3. The highest BCUT2D eigenvalue weighted by molar-refractivity contribution is 5.99. The zero-order chi connectivity index (χ0) is 20.8. The summed E-state index contributed by atoms with van der Waals surface area (Å²) in [6.07, 6.45) is 0. The second-order valence-electron chi connectivity index (χ2n) is 5.97.